The molecule has 0 atom stereocenters. The molecule has 2 amide bonds. The first-order valence-electron chi connectivity index (χ1n) is 10.7. The molecule has 3 rings (SSSR count). The summed E-state index contributed by atoms with van der Waals surface area (Å²) in [5, 5.41) is 10.7. The Morgan fingerprint density at radius 3 is 2.55 bits per heavy atom. The number of anilines is 2. The maximum absolute atomic E-state index is 12.5. The number of rotatable bonds is 7. The van der Waals surface area contributed by atoms with Gasteiger partial charge in [0.2, 0.25) is 17.7 Å². The third-order valence-corrected chi connectivity index (χ3v) is 5.78. The van der Waals surface area contributed by atoms with Gasteiger partial charge < -0.3 is 20.1 Å². The van der Waals surface area contributed by atoms with Crippen molar-refractivity contribution in [3.05, 3.63) is 34.9 Å². The van der Waals surface area contributed by atoms with E-state index in [0.717, 1.165) is 44.2 Å². The van der Waals surface area contributed by atoms with E-state index in [1.54, 1.807) is 12.1 Å². The Kier molecular flexibility index (Phi) is 7.54. The molecule has 8 nitrogen and oxygen atoms in total. The molecule has 0 bridgehead atoms. The number of hydrogen-bond acceptors (Lipinski definition) is 6. The molecular formula is C22H30ClN5O3. The quantitative estimate of drug-likeness (QED) is 0.621. The summed E-state index contributed by atoms with van der Waals surface area (Å²) in [5.74, 6) is 0.616. The summed E-state index contributed by atoms with van der Waals surface area (Å²) in [6, 6.07) is 5.37. The number of nitrogens with one attached hydrogen (secondary N) is 2. The standard InChI is InChI=1S/C22H30ClN5O3/c1-15(29)26-22(12-6-4-5-7-13-22)21-25-20(31-27-21)11-10-19(30)24-17-14-16(23)8-9-18(17)28(2)3/h8-9,14H,4-7,10-13H2,1-3H3,(H,24,30)(H,26,29). The minimum absolute atomic E-state index is 0.106. The molecule has 1 aromatic carbocycles. The SMILES string of the molecule is CC(=O)NC1(c2noc(CCC(=O)Nc3cc(Cl)ccc3N(C)C)n2)CCCCCC1. The molecule has 9 heteroatoms. The maximum atomic E-state index is 12.5. The Labute approximate surface area is 187 Å². The molecule has 2 aromatic rings. The fraction of sp³-hybridized carbons (Fsp3) is 0.545. The number of halogens is 1. The van der Waals surface area contributed by atoms with E-state index in [-0.39, 0.29) is 18.2 Å². The van der Waals surface area contributed by atoms with E-state index in [1.165, 1.54) is 6.92 Å². The number of amides is 2. The maximum Gasteiger partial charge on any atom is 0.227 e. The van der Waals surface area contributed by atoms with Gasteiger partial charge >= 0.3 is 0 Å². The molecule has 1 aliphatic carbocycles. The van der Waals surface area contributed by atoms with Gasteiger partial charge in [-0.15, -0.1) is 0 Å². The van der Waals surface area contributed by atoms with Crippen LogP contribution in [0.15, 0.2) is 22.7 Å². The van der Waals surface area contributed by atoms with Crippen LogP contribution in [0.2, 0.25) is 5.02 Å². The predicted octanol–water partition coefficient (Wildman–Crippen LogP) is 4.05. The van der Waals surface area contributed by atoms with Crippen molar-refractivity contribution in [1.82, 2.24) is 15.5 Å². The summed E-state index contributed by atoms with van der Waals surface area (Å²) >= 11 is 6.08. The van der Waals surface area contributed by atoms with E-state index in [4.69, 9.17) is 16.1 Å². The van der Waals surface area contributed by atoms with Crippen molar-refractivity contribution in [3.63, 3.8) is 0 Å². The molecule has 0 spiro atoms. The zero-order valence-corrected chi connectivity index (χ0v) is 19.1. The Balaban J connectivity index is 1.66. The lowest BCUT2D eigenvalue weighted by molar-refractivity contribution is -0.121. The molecule has 1 heterocycles. The van der Waals surface area contributed by atoms with Crippen molar-refractivity contribution in [2.75, 3.05) is 24.3 Å². The van der Waals surface area contributed by atoms with Crippen LogP contribution in [0.4, 0.5) is 11.4 Å². The van der Waals surface area contributed by atoms with Crippen LogP contribution < -0.4 is 15.5 Å². The van der Waals surface area contributed by atoms with E-state index >= 15 is 0 Å². The molecule has 1 aliphatic rings. The van der Waals surface area contributed by atoms with Crippen LogP contribution in [-0.2, 0) is 21.5 Å². The monoisotopic (exact) mass is 447 g/mol. The number of nitrogens with zero attached hydrogens (tertiary/aromatic N) is 3. The van der Waals surface area contributed by atoms with Crippen molar-refractivity contribution < 1.29 is 14.1 Å². The van der Waals surface area contributed by atoms with Gasteiger partial charge in [-0.25, -0.2) is 0 Å². The Morgan fingerprint density at radius 1 is 1.19 bits per heavy atom. The molecular weight excluding hydrogens is 418 g/mol. The normalized spacial score (nSPS) is 15.7. The van der Waals surface area contributed by atoms with Gasteiger partial charge in [-0.1, -0.05) is 42.4 Å². The topological polar surface area (TPSA) is 100 Å². The molecule has 1 fully saturated rings. The van der Waals surface area contributed by atoms with E-state index in [1.807, 2.05) is 25.1 Å². The van der Waals surface area contributed by atoms with Crippen LogP contribution in [-0.4, -0.2) is 36.1 Å². The highest BCUT2D eigenvalue weighted by Crippen LogP contribution is 2.34. The third-order valence-electron chi connectivity index (χ3n) is 5.55. The lowest BCUT2D eigenvalue weighted by atomic mass is 9.89. The fourth-order valence-electron chi connectivity index (χ4n) is 4.06. The molecule has 1 saturated carbocycles. The highest BCUT2D eigenvalue weighted by molar-refractivity contribution is 6.31. The number of carbonyl (C=O) groups excluding carboxylic acids is 2. The van der Waals surface area contributed by atoms with Gasteiger partial charge in [0.15, 0.2) is 5.82 Å². The Bertz CT molecular complexity index is 920. The van der Waals surface area contributed by atoms with Gasteiger partial charge in [0, 0.05) is 38.9 Å². The summed E-state index contributed by atoms with van der Waals surface area (Å²) in [6.07, 6.45) is 6.33. The number of hydrogen-bond donors (Lipinski definition) is 2. The molecule has 0 saturated heterocycles. The second kappa shape index (κ2) is 10.1. The highest BCUT2D eigenvalue weighted by atomic mass is 35.5. The van der Waals surface area contributed by atoms with Crippen LogP contribution >= 0.6 is 11.6 Å². The van der Waals surface area contributed by atoms with E-state index < -0.39 is 5.54 Å². The van der Waals surface area contributed by atoms with Gasteiger partial charge in [-0.05, 0) is 31.0 Å². The Hall–Kier alpha value is -2.61. The molecule has 0 aliphatic heterocycles. The van der Waals surface area contributed by atoms with Crippen molar-refractivity contribution >= 4 is 34.8 Å². The summed E-state index contributed by atoms with van der Waals surface area (Å²) in [6.45, 7) is 1.51. The highest BCUT2D eigenvalue weighted by Gasteiger charge is 2.38. The van der Waals surface area contributed by atoms with E-state index in [2.05, 4.69) is 20.8 Å². The van der Waals surface area contributed by atoms with Crippen LogP contribution in [0.3, 0.4) is 0 Å². The fourth-order valence-corrected chi connectivity index (χ4v) is 4.23. The first-order chi connectivity index (χ1) is 14.8. The number of aromatic nitrogens is 2. The summed E-state index contributed by atoms with van der Waals surface area (Å²) in [7, 11) is 3.80. The zero-order chi connectivity index (χ0) is 22.4. The van der Waals surface area contributed by atoms with Crippen molar-refractivity contribution in [1.29, 1.82) is 0 Å². The van der Waals surface area contributed by atoms with Gasteiger partial charge in [-0.3, -0.25) is 9.59 Å². The molecule has 1 aromatic heterocycles. The smallest absolute Gasteiger partial charge is 0.227 e. The van der Waals surface area contributed by atoms with E-state index in [9.17, 15) is 9.59 Å². The molecule has 168 valence electrons. The second-order valence-electron chi connectivity index (χ2n) is 8.29. The minimum atomic E-state index is -0.590. The molecule has 31 heavy (non-hydrogen) atoms. The lowest BCUT2D eigenvalue weighted by Gasteiger charge is -2.30. The van der Waals surface area contributed by atoms with Gasteiger partial charge in [0.25, 0.3) is 0 Å². The molecule has 0 radical (unpaired) electrons. The average Bonchev–Trinajstić information content (AvgIpc) is 3.06. The van der Waals surface area contributed by atoms with Crippen molar-refractivity contribution in [3.8, 4) is 0 Å². The van der Waals surface area contributed by atoms with Crippen molar-refractivity contribution in [2.45, 2.75) is 63.8 Å². The van der Waals surface area contributed by atoms with Crippen LogP contribution in [0, 0.1) is 0 Å². The summed E-state index contributed by atoms with van der Waals surface area (Å²) in [4.78, 5) is 30.8. The van der Waals surface area contributed by atoms with E-state index in [0.29, 0.717) is 28.8 Å². The third kappa shape index (κ3) is 5.97. The Morgan fingerprint density at radius 2 is 1.90 bits per heavy atom. The zero-order valence-electron chi connectivity index (χ0n) is 18.3. The van der Waals surface area contributed by atoms with Crippen molar-refractivity contribution in [2.24, 2.45) is 0 Å². The van der Waals surface area contributed by atoms with Gasteiger partial charge in [-0.2, -0.15) is 4.98 Å². The molecule has 2 N–H and O–H groups in total. The van der Waals surface area contributed by atoms with Gasteiger partial charge in [0.1, 0.15) is 5.54 Å². The van der Waals surface area contributed by atoms with Crippen LogP contribution in [0.25, 0.3) is 0 Å². The molecule has 0 unspecified atom stereocenters. The van der Waals surface area contributed by atoms with Crippen LogP contribution in [0.1, 0.15) is 63.6 Å². The number of carbonyl (C=O) groups is 2. The second-order valence-corrected chi connectivity index (χ2v) is 8.73. The predicted molar refractivity (Wildman–Crippen MR) is 120 cm³/mol. The summed E-state index contributed by atoms with van der Waals surface area (Å²) in [5.41, 5.74) is 0.925. The summed E-state index contributed by atoms with van der Waals surface area (Å²) < 4.78 is 5.43. The van der Waals surface area contributed by atoms with Gasteiger partial charge in [0.05, 0.1) is 11.4 Å². The first kappa shape index (κ1) is 23.1. The van der Waals surface area contributed by atoms with Crippen LogP contribution in [0.5, 0.6) is 0 Å². The average molecular weight is 448 g/mol. The number of aryl methyl sites for hydroxylation is 1. The number of benzene rings is 1. The first-order valence-corrected chi connectivity index (χ1v) is 11.1. The largest absolute Gasteiger partial charge is 0.376 e. The lowest BCUT2D eigenvalue weighted by Crippen LogP contribution is -2.45. The minimum Gasteiger partial charge on any atom is -0.376 e.